The number of urea groups is 1. The summed E-state index contributed by atoms with van der Waals surface area (Å²) in [5.41, 5.74) is 2.01. The first-order valence-electron chi connectivity index (χ1n) is 8.70. The molecule has 2 heterocycles. The minimum absolute atomic E-state index is 0.0373. The number of carbonyl (C=O) groups excluding carboxylic acids is 1. The van der Waals surface area contributed by atoms with E-state index in [1.807, 2.05) is 33.7 Å². The van der Waals surface area contributed by atoms with Crippen LogP contribution in [-0.4, -0.2) is 39.6 Å². The van der Waals surface area contributed by atoms with Crippen molar-refractivity contribution in [3.63, 3.8) is 0 Å². The van der Waals surface area contributed by atoms with E-state index in [4.69, 9.17) is 0 Å². The third-order valence-electron chi connectivity index (χ3n) is 5.55. The number of amides is 2. The Bertz CT molecular complexity index is 827. The molecule has 2 N–H and O–H groups in total. The Labute approximate surface area is 140 Å². The highest BCUT2D eigenvalue weighted by atomic mass is 16.2. The average molecular weight is 328 g/mol. The molecule has 0 spiro atoms. The molecule has 4 rings (SSSR count). The number of carbonyl (C=O) groups is 1. The maximum absolute atomic E-state index is 12.3. The number of benzene rings is 1. The molecule has 1 aliphatic carbocycles. The summed E-state index contributed by atoms with van der Waals surface area (Å²) < 4.78 is 1.86. The second kappa shape index (κ2) is 5.40. The fourth-order valence-corrected chi connectivity index (χ4v) is 3.72. The summed E-state index contributed by atoms with van der Waals surface area (Å²) in [6.07, 6.45) is 2.67. The minimum atomic E-state index is -0.0566. The van der Waals surface area contributed by atoms with Gasteiger partial charge in [-0.25, -0.2) is 9.59 Å². The fourth-order valence-electron chi connectivity index (χ4n) is 3.72. The molecule has 0 bridgehead atoms. The first-order valence-corrected chi connectivity index (χ1v) is 8.70. The van der Waals surface area contributed by atoms with Crippen LogP contribution in [0.5, 0.6) is 0 Å². The molecule has 2 amide bonds. The molecule has 6 nitrogen and oxygen atoms in total. The van der Waals surface area contributed by atoms with Crippen LogP contribution in [-0.2, 0) is 0 Å². The predicted molar refractivity (Wildman–Crippen MR) is 93.1 cm³/mol. The van der Waals surface area contributed by atoms with Gasteiger partial charge in [-0.2, -0.15) is 0 Å². The van der Waals surface area contributed by atoms with Crippen molar-refractivity contribution in [2.24, 2.45) is 5.41 Å². The molecule has 1 aliphatic heterocycles. The number of fused-ring (bicyclic) bond motifs is 1. The quantitative estimate of drug-likeness (QED) is 0.889. The number of nitrogens with zero attached hydrogens (tertiary/aromatic N) is 2. The van der Waals surface area contributed by atoms with Gasteiger partial charge in [-0.1, -0.05) is 26.0 Å². The van der Waals surface area contributed by atoms with E-state index in [1.54, 1.807) is 0 Å². The second-order valence-electron chi connectivity index (χ2n) is 7.73. The standard InChI is InChI=1S/C18H24N4O2/c1-18(2)11-15(18)20-16(23)21-9-7-12(8-10-21)22-14-6-4-3-5-13(14)19-17(22)24/h3-6,12,15H,7-11H2,1-2H3,(H,19,24)(H,20,23). The van der Waals surface area contributed by atoms with Gasteiger partial charge >= 0.3 is 11.7 Å². The zero-order chi connectivity index (χ0) is 16.9. The first kappa shape index (κ1) is 15.3. The number of hydrogen-bond donors (Lipinski definition) is 2. The van der Waals surface area contributed by atoms with Gasteiger partial charge in [0.15, 0.2) is 0 Å². The molecule has 2 aromatic rings. The lowest BCUT2D eigenvalue weighted by molar-refractivity contribution is 0.170. The van der Waals surface area contributed by atoms with E-state index in [0.29, 0.717) is 19.1 Å². The summed E-state index contributed by atoms with van der Waals surface area (Å²) in [5.74, 6) is 0. The number of imidazole rings is 1. The summed E-state index contributed by atoms with van der Waals surface area (Å²) in [6.45, 7) is 5.73. The molecule has 1 saturated heterocycles. The average Bonchev–Trinajstić information content (AvgIpc) is 3.01. The number of H-pyrrole nitrogens is 1. The van der Waals surface area contributed by atoms with E-state index in [9.17, 15) is 9.59 Å². The number of nitrogens with one attached hydrogen (secondary N) is 2. The SMILES string of the molecule is CC1(C)CC1NC(=O)N1CCC(n2c(=O)[nH]c3ccccc32)CC1. The van der Waals surface area contributed by atoms with Crippen LogP contribution in [0.1, 0.15) is 39.2 Å². The number of rotatable bonds is 2. The summed E-state index contributed by atoms with van der Waals surface area (Å²) in [7, 11) is 0. The summed E-state index contributed by atoms with van der Waals surface area (Å²) >= 11 is 0. The third-order valence-corrected chi connectivity index (χ3v) is 5.55. The van der Waals surface area contributed by atoms with Crippen LogP contribution in [0.4, 0.5) is 4.79 Å². The van der Waals surface area contributed by atoms with Crippen LogP contribution in [0.15, 0.2) is 29.1 Å². The molecule has 1 atom stereocenters. The van der Waals surface area contributed by atoms with Crippen molar-refractivity contribution >= 4 is 17.1 Å². The van der Waals surface area contributed by atoms with Crippen molar-refractivity contribution in [3.05, 3.63) is 34.7 Å². The molecule has 1 aromatic heterocycles. The zero-order valence-corrected chi connectivity index (χ0v) is 14.2. The fraction of sp³-hybridized carbons (Fsp3) is 0.556. The number of aromatic nitrogens is 2. The third kappa shape index (κ3) is 2.60. The summed E-state index contributed by atoms with van der Waals surface area (Å²) in [4.78, 5) is 29.4. The zero-order valence-electron chi connectivity index (χ0n) is 14.2. The highest BCUT2D eigenvalue weighted by molar-refractivity contribution is 5.76. The molecular weight excluding hydrogens is 304 g/mol. The highest BCUT2D eigenvalue weighted by Crippen LogP contribution is 2.44. The Morgan fingerprint density at radius 2 is 1.92 bits per heavy atom. The van der Waals surface area contributed by atoms with Crippen LogP contribution in [0.25, 0.3) is 11.0 Å². The van der Waals surface area contributed by atoms with Gasteiger partial charge < -0.3 is 15.2 Å². The summed E-state index contributed by atoms with van der Waals surface area (Å²) in [6, 6.07) is 8.26. The number of likely N-dealkylation sites (tertiary alicyclic amines) is 1. The first-order chi connectivity index (χ1) is 11.5. The van der Waals surface area contributed by atoms with Gasteiger partial charge in [0.2, 0.25) is 0 Å². The second-order valence-corrected chi connectivity index (χ2v) is 7.73. The Balaban J connectivity index is 1.43. The topological polar surface area (TPSA) is 70.1 Å². The molecule has 0 radical (unpaired) electrons. The van der Waals surface area contributed by atoms with E-state index in [2.05, 4.69) is 24.1 Å². The van der Waals surface area contributed by atoms with Gasteiger partial charge in [-0.3, -0.25) is 4.57 Å². The van der Waals surface area contributed by atoms with Crippen molar-refractivity contribution in [1.29, 1.82) is 0 Å². The molecule has 1 unspecified atom stereocenters. The van der Waals surface area contributed by atoms with Gasteiger partial charge in [0, 0.05) is 25.2 Å². The molecule has 2 fully saturated rings. The Morgan fingerprint density at radius 1 is 1.25 bits per heavy atom. The van der Waals surface area contributed by atoms with E-state index in [0.717, 1.165) is 30.3 Å². The van der Waals surface area contributed by atoms with Gasteiger partial charge in [0.25, 0.3) is 0 Å². The smallest absolute Gasteiger partial charge is 0.326 e. The van der Waals surface area contributed by atoms with Crippen molar-refractivity contribution in [1.82, 2.24) is 19.8 Å². The van der Waals surface area contributed by atoms with Crippen molar-refractivity contribution in [3.8, 4) is 0 Å². The minimum Gasteiger partial charge on any atom is -0.335 e. The van der Waals surface area contributed by atoms with E-state index < -0.39 is 0 Å². The lowest BCUT2D eigenvalue weighted by Gasteiger charge is -2.32. The van der Waals surface area contributed by atoms with Crippen LogP contribution in [0, 0.1) is 5.41 Å². The van der Waals surface area contributed by atoms with E-state index >= 15 is 0 Å². The monoisotopic (exact) mass is 328 g/mol. The molecule has 2 aliphatic rings. The van der Waals surface area contributed by atoms with Crippen LogP contribution in [0.2, 0.25) is 0 Å². The van der Waals surface area contributed by atoms with Gasteiger partial charge in [0.1, 0.15) is 0 Å². The van der Waals surface area contributed by atoms with Gasteiger partial charge in [0.05, 0.1) is 11.0 Å². The maximum Gasteiger partial charge on any atom is 0.326 e. The maximum atomic E-state index is 12.3. The molecular formula is C18H24N4O2. The predicted octanol–water partition coefficient (Wildman–Crippen LogP) is 2.47. The molecule has 1 saturated carbocycles. The van der Waals surface area contributed by atoms with Crippen molar-refractivity contribution in [2.75, 3.05) is 13.1 Å². The van der Waals surface area contributed by atoms with Crippen molar-refractivity contribution in [2.45, 2.75) is 45.2 Å². The normalized spacial score (nSPS) is 23.4. The van der Waals surface area contributed by atoms with E-state index in [1.165, 1.54) is 0 Å². The van der Waals surface area contributed by atoms with Crippen LogP contribution >= 0.6 is 0 Å². The largest absolute Gasteiger partial charge is 0.335 e. The van der Waals surface area contributed by atoms with Crippen molar-refractivity contribution < 1.29 is 4.79 Å². The lowest BCUT2D eigenvalue weighted by atomic mass is 10.0. The molecule has 128 valence electrons. The Hall–Kier alpha value is -2.24. The highest BCUT2D eigenvalue weighted by Gasteiger charge is 2.47. The molecule has 24 heavy (non-hydrogen) atoms. The Kier molecular flexibility index (Phi) is 3.44. The lowest BCUT2D eigenvalue weighted by Crippen LogP contribution is -2.46. The van der Waals surface area contributed by atoms with Crippen LogP contribution < -0.4 is 11.0 Å². The van der Waals surface area contributed by atoms with Gasteiger partial charge in [-0.05, 0) is 36.8 Å². The Morgan fingerprint density at radius 3 is 2.58 bits per heavy atom. The van der Waals surface area contributed by atoms with Crippen LogP contribution in [0.3, 0.4) is 0 Å². The van der Waals surface area contributed by atoms with Gasteiger partial charge in [-0.15, -0.1) is 0 Å². The molecule has 6 heteroatoms. The number of piperidine rings is 1. The number of para-hydroxylation sites is 2. The number of aromatic amines is 1. The number of hydrogen-bond acceptors (Lipinski definition) is 2. The summed E-state index contributed by atoms with van der Waals surface area (Å²) in [5, 5.41) is 3.12. The van der Waals surface area contributed by atoms with E-state index in [-0.39, 0.29) is 23.2 Å². The molecule has 1 aromatic carbocycles.